The molecule has 2 heterocycles. The first-order chi connectivity index (χ1) is 10.2. The fourth-order valence-electron chi connectivity index (χ4n) is 2.11. The SMILES string of the molecule is COc1cc(OC)cc(N2C(=O)c3nccnc3C2=O)c1. The van der Waals surface area contributed by atoms with Crippen molar-refractivity contribution < 1.29 is 19.1 Å². The van der Waals surface area contributed by atoms with E-state index in [9.17, 15) is 9.59 Å². The molecule has 3 rings (SSSR count). The number of hydrogen-bond donors (Lipinski definition) is 0. The maximum Gasteiger partial charge on any atom is 0.286 e. The maximum absolute atomic E-state index is 12.3. The normalized spacial score (nSPS) is 13.3. The van der Waals surface area contributed by atoms with E-state index >= 15 is 0 Å². The van der Waals surface area contributed by atoms with Gasteiger partial charge in [0.25, 0.3) is 11.8 Å². The van der Waals surface area contributed by atoms with Crippen LogP contribution in [0.2, 0.25) is 0 Å². The second-order valence-electron chi connectivity index (χ2n) is 4.27. The van der Waals surface area contributed by atoms with Crippen LogP contribution in [0.3, 0.4) is 0 Å². The van der Waals surface area contributed by atoms with Gasteiger partial charge >= 0.3 is 0 Å². The first-order valence-electron chi connectivity index (χ1n) is 6.08. The Morgan fingerprint density at radius 1 is 0.857 bits per heavy atom. The predicted molar refractivity (Wildman–Crippen MR) is 72.7 cm³/mol. The molecule has 2 amide bonds. The number of fused-ring (bicyclic) bond motifs is 1. The Balaban J connectivity index is 2.10. The zero-order valence-electron chi connectivity index (χ0n) is 11.4. The summed E-state index contributed by atoms with van der Waals surface area (Å²) in [6.07, 6.45) is 2.75. The lowest BCUT2D eigenvalue weighted by molar-refractivity contribution is 0.0923. The van der Waals surface area contributed by atoms with Gasteiger partial charge in [0.1, 0.15) is 11.5 Å². The van der Waals surface area contributed by atoms with Crippen LogP contribution in [0, 0.1) is 0 Å². The maximum atomic E-state index is 12.3. The van der Waals surface area contributed by atoms with Crippen LogP contribution in [0.15, 0.2) is 30.6 Å². The molecule has 1 aliphatic heterocycles. The minimum absolute atomic E-state index is 0.0456. The molecular formula is C14H11N3O4. The van der Waals surface area contributed by atoms with Gasteiger partial charge < -0.3 is 9.47 Å². The molecule has 0 unspecified atom stereocenters. The van der Waals surface area contributed by atoms with Gasteiger partial charge in [0.05, 0.1) is 19.9 Å². The van der Waals surface area contributed by atoms with Crippen LogP contribution >= 0.6 is 0 Å². The fraction of sp³-hybridized carbons (Fsp3) is 0.143. The average Bonchev–Trinajstić information content (AvgIpc) is 2.78. The molecule has 0 aliphatic carbocycles. The standard InChI is InChI=1S/C14H11N3O4/c1-20-9-5-8(6-10(7-9)21-2)17-13(18)11-12(14(17)19)16-4-3-15-11/h3-7H,1-2H3. The molecule has 0 atom stereocenters. The van der Waals surface area contributed by atoms with E-state index in [-0.39, 0.29) is 11.4 Å². The second kappa shape index (κ2) is 4.86. The summed E-state index contributed by atoms with van der Waals surface area (Å²) in [4.78, 5) is 33.5. The Morgan fingerprint density at radius 3 is 1.76 bits per heavy atom. The van der Waals surface area contributed by atoms with E-state index in [2.05, 4.69) is 9.97 Å². The minimum atomic E-state index is -0.515. The van der Waals surface area contributed by atoms with Gasteiger partial charge in [0.2, 0.25) is 0 Å². The van der Waals surface area contributed by atoms with Gasteiger partial charge in [-0.1, -0.05) is 0 Å². The van der Waals surface area contributed by atoms with Gasteiger partial charge in [-0.15, -0.1) is 0 Å². The Morgan fingerprint density at radius 2 is 1.33 bits per heavy atom. The van der Waals surface area contributed by atoms with Crippen molar-refractivity contribution in [1.29, 1.82) is 0 Å². The van der Waals surface area contributed by atoms with Gasteiger partial charge in [0, 0.05) is 30.6 Å². The second-order valence-corrected chi connectivity index (χ2v) is 4.27. The average molecular weight is 285 g/mol. The number of carbonyl (C=O) groups excluding carboxylic acids is 2. The molecule has 106 valence electrons. The lowest BCUT2D eigenvalue weighted by atomic mass is 10.2. The molecular weight excluding hydrogens is 274 g/mol. The zero-order valence-corrected chi connectivity index (χ0v) is 11.4. The molecule has 1 aromatic carbocycles. The number of anilines is 1. The molecule has 1 aromatic heterocycles. The molecule has 0 radical (unpaired) electrons. The van der Waals surface area contributed by atoms with Crippen LogP contribution in [0.4, 0.5) is 5.69 Å². The highest BCUT2D eigenvalue weighted by Gasteiger charge is 2.39. The topological polar surface area (TPSA) is 81.6 Å². The molecule has 0 saturated carbocycles. The third-order valence-electron chi connectivity index (χ3n) is 3.10. The summed E-state index contributed by atoms with van der Waals surface area (Å²) in [5, 5.41) is 0. The van der Waals surface area contributed by atoms with Crippen molar-refractivity contribution in [3.05, 3.63) is 42.0 Å². The number of methoxy groups -OCH3 is 2. The summed E-state index contributed by atoms with van der Waals surface area (Å²) in [6, 6.07) is 4.80. The quantitative estimate of drug-likeness (QED) is 0.790. The number of aromatic nitrogens is 2. The van der Waals surface area contributed by atoms with Crippen LogP contribution in [0.5, 0.6) is 11.5 Å². The summed E-state index contributed by atoms with van der Waals surface area (Å²) in [5.74, 6) is -0.0829. The van der Waals surface area contributed by atoms with E-state index in [1.165, 1.54) is 26.6 Å². The Bertz CT molecular complexity index is 687. The number of ether oxygens (including phenoxy) is 2. The van der Waals surface area contributed by atoms with Crippen molar-refractivity contribution in [2.45, 2.75) is 0 Å². The zero-order chi connectivity index (χ0) is 15.0. The summed E-state index contributed by atoms with van der Waals surface area (Å²) >= 11 is 0. The summed E-state index contributed by atoms with van der Waals surface area (Å²) in [5.41, 5.74) is 0.439. The van der Waals surface area contributed by atoms with E-state index in [1.54, 1.807) is 18.2 Å². The molecule has 2 aromatic rings. The molecule has 0 N–H and O–H groups in total. The number of carbonyl (C=O) groups is 2. The van der Waals surface area contributed by atoms with Crippen LogP contribution in [0.25, 0.3) is 0 Å². The van der Waals surface area contributed by atoms with E-state index in [4.69, 9.17) is 9.47 Å². The summed E-state index contributed by atoms with van der Waals surface area (Å²) in [6.45, 7) is 0. The van der Waals surface area contributed by atoms with E-state index in [0.29, 0.717) is 17.2 Å². The van der Waals surface area contributed by atoms with Crippen LogP contribution in [0.1, 0.15) is 21.0 Å². The van der Waals surface area contributed by atoms with Crippen molar-refractivity contribution in [1.82, 2.24) is 9.97 Å². The van der Waals surface area contributed by atoms with E-state index in [0.717, 1.165) is 4.90 Å². The highest BCUT2D eigenvalue weighted by Crippen LogP contribution is 2.32. The molecule has 7 heteroatoms. The summed E-state index contributed by atoms with van der Waals surface area (Å²) in [7, 11) is 2.98. The first kappa shape index (κ1) is 13.0. The molecule has 0 saturated heterocycles. The van der Waals surface area contributed by atoms with Crippen molar-refractivity contribution in [3.8, 4) is 11.5 Å². The van der Waals surface area contributed by atoms with Gasteiger partial charge in [-0.3, -0.25) is 9.59 Å². The van der Waals surface area contributed by atoms with Crippen molar-refractivity contribution >= 4 is 17.5 Å². The van der Waals surface area contributed by atoms with Crippen molar-refractivity contribution in [2.24, 2.45) is 0 Å². The molecule has 1 aliphatic rings. The van der Waals surface area contributed by atoms with Crippen LogP contribution < -0.4 is 14.4 Å². The highest BCUT2D eigenvalue weighted by atomic mass is 16.5. The third kappa shape index (κ3) is 1.99. The molecule has 0 fully saturated rings. The number of hydrogen-bond acceptors (Lipinski definition) is 6. The largest absolute Gasteiger partial charge is 0.497 e. The minimum Gasteiger partial charge on any atom is -0.497 e. The lowest BCUT2D eigenvalue weighted by Crippen LogP contribution is -2.29. The van der Waals surface area contributed by atoms with Gasteiger partial charge in [-0.05, 0) is 0 Å². The number of benzene rings is 1. The number of imide groups is 1. The molecule has 0 spiro atoms. The van der Waals surface area contributed by atoms with Crippen molar-refractivity contribution in [3.63, 3.8) is 0 Å². The molecule has 21 heavy (non-hydrogen) atoms. The Labute approximate surface area is 120 Å². The van der Waals surface area contributed by atoms with Gasteiger partial charge in [-0.25, -0.2) is 14.9 Å². The fourth-order valence-corrected chi connectivity index (χ4v) is 2.11. The van der Waals surface area contributed by atoms with Crippen molar-refractivity contribution in [2.75, 3.05) is 19.1 Å². The number of nitrogens with zero attached hydrogens (tertiary/aromatic N) is 3. The highest BCUT2D eigenvalue weighted by molar-refractivity contribution is 6.33. The molecule has 0 bridgehead atoms. The Kier molecular flexibility index (Phi) is 3.02. The van der Waals surface area contributed by atoms with Crippen LogP contribution in [-0.2, 0) is 0 Å². The van der Waals surface area contributed by atoms with Gasteiger partial charge in [-0.2, -0.15) is 0 Å². The smallest absolute Gasteiger partial charge is 0.286 e. The van der Waals surface area contributed by atoms with Crippen LogP contribution in [-0.4, -0.2) is 36.0 Å². The van der Waals surface area contributed by atoms with E-state index in [1.807, 2.05) is 0 Å². The lowest BCUT2D eigenvalue weighted by Gasteiger charge is -2.15. The van der Waals surface area contributed by atoms with E-state index < -0.39 is 11.8 Å². The van der Waals surface area contributed by atoms with Gasteiger partial charge in [0.15, 0.2) is 11.4 Å². The number of amides is 2. The summed E-state index contributed by atoms with van der Waals surface area (Å²) < 4.78 is 10.3. The first-order valence-corrected chi connectivity index (χ1v) is 6.08. The number of rotatable bonds is 3. The molecule has 7 nitrogen and oxygen atoms in total. The Hall–Kier alpha value is -2.96. The third-order valence-corrected chi connectivity index (χ3v) is 3.10. The monoisotopic (exact) mass is 285 g/mol. The predicted octanol–water partition coefficient (Wildman–Crippen LogP) is 1.29.